The SMILES string of the molecule is CC(C)c1nc(Cl)nc(NN)n1. The number of hydrogen-bond acceptors (Lipinski definition) is 5. The van der Waals surface area contributed by atoms with Crippen molar-refractivity contribution in [2.24, 2.45) is 5.84 Å². The van der Waals surface area contributed by atoms with E-state index in [4.69, 9.17) is 17.4 Å². The molecule has 1 heterocycles. The molecular weight excluding hydrogens is 178 g/mol. The van der Waals surface area contributed by atoms with Gasteiger partial charge in [0.05, 0.1) is 0 Å². The average Bonchev–Trinajstić information content (AvgIpc) is 2.03. The zero-order valence-electron chi connectivity index (χ0n) is 6.87. The van der Waals surface area contributed by atoms with Crippen molar-refractivity contribution in [3.63, 3.8) is 0 Å². The molecule has 0 saturated heterocycles. The van der Waals surface area contributed by atoms with Crippen LogP contribution in [0.3, 0.4) is 0 Å². The molecule has 0 atom stereocenters. The second-order valence-corrected chi connectivity index (χ2v) is 2.92. The van der Waals surface area contributed by atoms with Gasteiger partial charge in [-0.2, -0.15) is 9.97 Å². The van der Waals surface area contributed by atoms with E-state index in [9.17, 15) is 0 Å². The summed E-state index contributed by atoms with van der Waals surface area (Å²) in [4.78, 5) is 11.7. The van der Waals surface area contributed by atoms with Crippen LogP contribution in [0.5, 0.6) is 0 Å². The van der Waals surface area contributed by atoms with Crippen molar-refractivity contribution >= 4 is 17.5 Å². The summed E-state index contributed by atoms with van der Waals surface area (Å²) in [5.41, 5.74) is 2.32. The first-order valence-electron chi connectivity index (χ1n) is 3.51. The Morgan fingerprint density at radius 2 is 2.00 bits per heavy atom. The molecule has 1 rings (SSSR count). The van der Waals surface area contributed by atoms with Gasteiger partial charge >= 0.3 is 0 Å². The number of halogens is 1. The van der Waals surface area contributed by atoms with Crippen LogP contribution >= 0.6 is 11.6 Å². The van der Waals surface area contributed by atoms with Gasteiger partial charge in [0.25, 0.3) is 0 Å². The van der Waals surface area contributed by atoms with E-state index in [-0.39, 0.29) is 11.2 Å². The molecule has 0 aromatic carbocycles. The summed E-state index contributed by atoms with van der Waals surface area (Å²) in [7, 11) is 0. The zero-order valence-corrected chi connectivity index (χ0v) is 7.63. The number of nitrogens with one attached hydrogen (secondary N) is 1. The van der Waals surface area contributed by atoms with Crippen LogP contribution in [-0.4, -0.2) is 15.0 Å². The molecule has 1 aromatic rings. The lowest BCUT2D eigenvalue weighted by Gasteiger charge is -2.04. The number of aromatic nitrogens is 3. The van der Waals surface area contributed by atoms with E-state index in [2.05, 4.69) is 20.4 Å². The van der Waals surface area contributed by atoms with E-state index in [0.29, 0.717) is 11.8 Å². The van der Waals surface area contributed by atoms with Crippen molar-refractivity contribution in [2.75, 3.05) is 5.43 Å². The highest BCUT2D eigenvalue weighted by Crippen LogP contribution is 2.12. The second-order valence-electron chi connectivity index (χ2n) is 2.59. The van der Waals surface area contributed by atoms with Gasteiger partial charge in [0.15, 0.2) is 0 Å². The summed E-state index contributed by atoms with van der Waals surface area (Å²) in [6.45, 7) is 3.93. The molecular formula is C6H10ClN5. The quantitative estimate of drug-likeness (QED) is 0.532. The number of hydrogen-bond donors (Lipinski definition) is 2. The van der Waals surface area contributed by atoms with Crippen LogP contribution in [0.4, 0.5) is 5.95 Å². The molecule has 0 unspecified atom stereocenters. The molecule has 1 aromatic heterocycles. The van der Waals surface area contributed by atoms with Crippen LogP contribution in [-0.2, 0) is 0 Å². The Balaban J connectivity index is 3.06. The molecule has 6 heteroatoms. The van der Waals surface area contributed by atoms with E-state index >= 15 is 0 Å². The fourth-order valence-corrected chi connectivity index (χ4v) is 0.855. The first kappa shape index (κ1) is 9.15. The van der Waals surface area contributed by atoms with Gasteiger partial charge in [-0.25, -0.2) is 10.8 Å². The largest absolute Gasteiger partial charge is 0.292 e. The molecule has 0 bridgehead atoms. The Kier molecular flexibility index (Phi) is 2.78. The molecule has 12 heavy (non-hydrogen) atoms. The molecule has 0 aliphatic heterocycles. The minimum atomic E-state index is 0.154. The van der Waals surface area contributed by atoms with Crippen LogP contribution in [0.15, 0.2) is 0 Å². The van der Waals surface area contributed by atoms with Crippen molar-refractivity contribution in [1.29, 1.82) is 0 Å². The van der Waals surface area contributed by atoms with E-state index < -0.39 is 0 Å². The lowest BCUT2D eigenvalue weighted by atomic mass is 10.2. The fraction of sp³-hybridized carbons (Fsp3) is 0.500. The molecule has 5 nitrogen and oxygen atoms in total. The molecule has 66 valence electrons. The van der Waals surface area contributed by atoms with Crippen LogP contribution in [0.2, 0.25) is 5.28 Å². The smallest absolute Gasteiger partial charge is 0.241 e. The molecule has 0 aliphatic rings. The maximum atomic E-state index is 5.62. The topological polar surface area (TPSA) is 76.7 Å². The Labute approximate surface area is 75.3 Å². The lowest BCUT2D eigenvalue weighted by molar-refractivity contribution is 0.761. The average molecular weight is 188 g/mol. The highest BCUT2D eigenvalue weighted by Gasteiger charge is 2.06. The fourth-order valence-electron chi connectivity index (χ4n) is 0.688. The molecule has 0 amide bonds. The zero-order chi connectivity index (χ0) is 9.14. The third kappa shape index (κ3) is 2.02. The van der Waals surface area contributed by atoms with Gasteiger partial charge in [-0.15, -0.1) is 0 Å². The number of hydrazine groups is 1. The lowest BCUT2D eigenvalue weighted by Crippen LogP contribution is -2.13. The first-order valence-corrected chi connectivity index (χ1v) is 3.89. The van der Waals surface area contributed by atoms with Crippen LogP contribution in [0.1, 0.15) is 25.6 Å². The van der Waals surface area contributed by atoms with E-state index in [1.807, 2.05) is 13.8 Å². The second kappa shape index (κ2) is 3.64. The normalized spacial score (nSPS) is 10.4. The first-order chi connectivity index (χ1) is 5.63. The Hall–Kier alpha value is -0.940. The third-order valence-corrected chi connectivity index (χ3v) is 1.44. The third-order valence-electron chi connectivity index (χ3n) is 1.27. The molecule has 0 spiro atoms. The predicted molar refractivity (Wildman–Crippen MR) is 46.7 cm³/mol. The summed E-state index contributed by atoms with van der Waals surface area (Å²) in [5.74, 6) is 6.25. The van der Waals surface area contributed by atoms with Gasteiger partial charge in [0.2, 0.25) is 11.2 Å². The number of anilines is 1. The van der Waals surface area contributed by atoms with Gasteiger partial charge < -0.3 is 0 Å². The summed E-state index contributed by atoms with van der Waals surface area (Å²) in [6, 6.07) is 0. The van der Waals surface area contributed by atoms with Gasteiger partial charge in [-0.1, -0.05) is 13.8 Å². The van der Waals surface area contributed by atoms with Gasteiger partial charge in [0.1, 0.15) is 5.82 Å². The number of nitrogen functional groups attached to an aromatic ring is 1. The monoisotopic (exact) mass is 187 g/mol. The van der Waals surface area contributed by atoms with E-state index in [1.54, 1.807) is 0 Å². The Bertz CT molecular complexity index is 275. The van der Waals surface area contributed by atoms with Crippen molar-refractivity contribution in [2.45, 2.75) is 19.8 Å². The van der Waals surface area contributed by atoms with Gasteiger partial charge in [0, 0.05) is 5.92 Å². The summed E-state index contributed by atoms with van der Waals surface area (Å²) < 4.78 is 0. The van der Waals surface area contributed by atoms with Crippen LogP contribution in [0, 0.1) is 0 Å². The summed E-state index contributed by atoms with van der Waals surface area (Å²) >= 11 is 5.62. The summed E-state index contributed by atoms with van der Waals surface area (Å²) in [6.07, 6.45) is 0. The summed E-state index contributed by atoms with van der Waals surface area (Å²) in [5, 5.41) is 0.154. The van der Waals surface area contributed by atoms with Crippen molar-refractivity contribution < 1.29 is 0 Å². The number of nitrogens with two attached hydrogens (primary N) is 1. The standard InChI is InChI=1S/C6H10ClN5/c1-3(2)4-9-5(7)11-6(10-4)12-8/h3H,8H2,1-2H3,(H,9,10,11,12). The van der Waals surface area contributed by atoms with Gasteiger partial charge in [-0.3, -0.25) is 5.43 Å². The molecule has 0 aliphatic carbocycles. The maximum absolute atomic E-state index is 5.62. The molecule has 0 saturated carbocycles. The molecule has 0 radical (unpaired) electrons. The van der Waals surface area contributed by atoms with Crippen molar-refractivity contribution in [1.82, 2.24) is 15.0 Å². The Morgan fingerprint density at radius 3 is 2.50 bits per heavy atom. The minimum Gasteiger partial charge on any atom is -0.292 e. The highest BCUT2D eigenvalue weighted by atomic mass is 35.5. The maximum Gasteiger partial charge on any atom is 0.241 e. The molecule has 0 fully saturated rings. The van der Waals surface area contributed by atoms with Gasteiger partial charge in [-0.05, 0) is 11.6 Å². The van der Waals surface area contributed by atoms with Crippen LogP contribution in [0.25, 0.3) is 0 Å². The Morgan fingerprint density at radius 1 is 1.33 bits per heavy atom. The minimum absolute atomic E-state index is 0.154. The van der Waals surface area contributed by atoms with Crippen molar-refractivity contribution in [3.05, 3.63) is 11.1 Å². The van der Waals surface area contributed by atoms with Crippen LogP contribution < -0.4 is 11.3 Å². The van der Waals surface area contributed by atoms with E-state index in [1.165, 1.54) is 0 Å². The predicted octanol–water partition coefficient (Wildman–Crippen LogP) is 0.934. The van der Waals surface area contributed by atoms with E-state index in [0.717, 1.165) is 0 Å². The molecule has 3 N–H and O–H groups in total. The number of nitrogens with zero attached hydrogens (tertiary/aromatic N) is 3. The highest BCUT2D eigenvalue weighted by molar-refractivity contribution is 6.28. The number of rotatable bonds is 2. The van der Waals surface area contributed by atoms with Crippen molar-refractivity contribution in [3.8, 4) is 0 Å².